The average molecular weight is 388 g/mol. The summed E-state index contributed by atoms with van der Waals surface area (Å²) in [5.74, 6) is -9.38. The first-order valence-corrected chi connectivity index (χ1v) is 4.94. The van der Waals surface area contributed by atoms with Crippen LogP contribution in [-0.4, -0.2) is 41.9 Å². The highest BCUT2D eigenvalue weighted by molar-refractivity contribution is 5.89. The van der Waals surface area contributed by atoms with Gasteiger partial charge in [0, 0.05) is 0 Å². The molecule has 0 saturated carbocycles. The van der Waals surface area contributed by atoms with E-state index in [1.807, 2.05) is 0 Å². The highest BCUT2D eigenvalue weighted by atomic mass is 19.4. The molecule has 0 aromatic rings. The Balaban J connectivity index is 3.56. The van der Waals surface area contributed by atoms with Gasteiger partial charge in [0.05, 0.1) is 0 Å². The molecule has 5 nitrogen and oxygen atoms in total. The Labute approximate surface area is 121 Å². The number of nitrogens with zero attached hydrogens (tertiary/aromatic N) is 2. The maximum atomic E-state index is 12.6. The Morgan fingerprint density at radius 1 is 0.792 bits per heavy atom. The summed E-state index contributed by atoms with van der Waals surface area (Å²) < 4.78 is 153. The molecule has 140 valence electrons. The molecule has 0 aliphatic carbocycles. The van der Waals surface area contributed by atoms with E-state index in [-0.39, 0.29) is 0 Å². The Kier molecular flexibility index (Phi) is 4.19. The summed E-state index contributed by atoms with van der Waals surface area (Å²) in [6.07, 6.45) is -27.1. The van der Waals surface area contributed by atoms with Crippen LogP contribution in [0, 0.1) is 4.91 Å². The van der Waals surface area contributed by atoms with Crippen LogP contribution in [0.4, 0.5) is 52.7 Å². The molecule has 0 aromatic carbocycles. The van der Waals surface area contributed by atoms with Crippen molar-refractivity contribution in [1.29, 1.82) is 0 Å². The smallest absolute Gasteiger partial charge is 0.417 e. The van der Waals surface area contributed by atoms with Crippen molar-refractivity contribution in [1.82, 2.24) is 0 Å². The number of ether oxygens (including phenoxy) is 1. The van der Waals surface area contributed by atoms with Gasteiger partial charge in [-0.15, -0.1) is 4.91 Å². The van der Waals surface area contributed by atoms with Crippen LogP contribution in [0.25, 0.3) is 0 Å². The second-order valence-electron chi connectivity index (χ2n) is 4.00. The minimum Gasteiger partial charge on any atom is -0.417 e. The maximum absolute atomic E-state index is 12.6. The first kappa shape index (κ1) is 20.1. The van der Waals surface area contributed by atoms with Gasteiger partial charge in [0.1, 0.15) is 0 Å². The molecule has 0 bridgehead atoms. The van der Waals surface area contributed by atoms with Crippen LogP contribution in [0.3, 0.4) is 0 Å². The molecule has 0 fully saturated rings. The average Bonchev–Trinajstić information content (AvgIpc) is 2.71. The van der Waals surface area contributed by atoms with Gasteiger partial charge >= 0.3 is 36.0 Å². The van der Waals surface area contributed by atoms with Gasteiger partial charge in [-0.2, -0.15) is 52.7 Å². The molecule has 24 heavy (non-hydrogen) atoms. The molecule has 1 aliphatic heterocycles. The van der Waals surface area contributed by atoms with Crippen LogP contribution in [0.5, 0.6) is 0 Å². The molecule has 0 spiro atoms. The summed E-state index contributed by atoms with van der Waals surface area (Å²) in [5.41, 5.74) is -6.14. The zero-order valence-electron chi connectivity index (χ0n) is 10.2. The normalized spacial score (nSPS) is 19.4. The SMILES string of the molecule is O=NC(C1=NOC(C(F)(F)F)(C(F)(F)F)O1)(C(F)(F)F)C(F)(F)F. The minimum atomic E-state index is -6.84. The van der Waals surface area contributed by atoms with E-state index in [2.05, 4.69) is 9.57 Å². The zero-order valence-corrected chi connectivity index (χ0v) is 10.2. The van der Waals surface area contributed by atoms with E-state index in [4.69, 9.17) is 0 Å². The summed E-state index contributed by atoms with van der Waals surface area (Å²) in [7, 11) is 0. The van der Waals surface area contributed by atoms with E-state index < -0.39 is 41.9 Å². The summed E-state index contributed by atoms with van der Waals surface area (Å²) >= 11 is 0. The van der Waals surface area contributed by atoms with Crippen molar-refractivity contribution in [3.05, 3.63) is 4.91 Å². The lowest BCUT2D eigenvalue weighted by Crippen LogP contribution is -2.64. The maximum Gasteiger partial charge on any atom is 0.480 e. The van der Waals surface area contributed by atoms with E-state index in [0.717, 1.165) is 0 Å². The number of nitroso groups, excluding NO2 is 1. The van der Waals surface area contributed by atoms with E-state index in [1.165, 1.54) is 5.16 Å². The summed E-state index contributed by atoms with van der Waals surface area (Å²) in [5, 5.41) is 2.02. The molecule has 0 radical (unpaired) electrons. The predicted octanol–water partition coefficient (Wildman–Crippen LogP) is 3.80. The Bertz CT molecular complexity index is 513. The fourth-order valence-corrected chi connectivity index (χ4v) is 1.34. The molecular weight excluding hydrogens is 388 g/mol. The third-order valence-corrected chi connectivity index (χ3v) is 2.51. The van der Waals surface area contributed by atoms with Gasteiger partial charge in [-0.25, -0.2) is 0 Å². The van der Waals surface area contributed by atoms with Crippen molar-refractivity contribution >= 4 is 5.90 Å². The second kappa shape index (κ2) is 5.01. The minimum absolute atomic E-state index is 0.603. The molecule has 0 N–H and O–H groups in total. The molecular formula is C7F12N2O3. The summed E-state index contributed by atoms with van der Waals surface area (Å²) in [6, 6.07) is 0. The van der Waals surface area contributed by atoms with Crippen molar-refractivity contribution in [3.63, 3.8) is 0 Å². The Hall–Kier alpha value is -1.97. The topological polar surface area (TPSA) is 60.2 Å². The lowest BCUT2D eigenvalue weighted by atomic mass is 9.99. The Morgan fingerprint density at radius 2 is 1.17 bits per heavy atom. The van der Waals surface area contributed by atoms with E-state index in [1.54, 1.807) is 0 Å². The van der Waals surface area contributed by atoms with Gasteiger partial charge in [-0.3, -0.25) is 0 Å². The monoisotopic (exact) mass is 388 g/mol. The van der Waals surface area contributed by atoms with Gasteiger partial charge in [-0.05, 0) is 10.3 Å². The second-order valence-corrected chi connectivity index (χ2v) is 4.00. The third-order valence-electron chi connectivity index (χ3n) is 2.51. The van der Waals surface area contributed by atoms with Crippen molar-refractivity contribution in [3.8, 4) is 0 Å². The van der Waals surface area contributed by atoms with Crippen LogP contribution in [0.1, 0.15) is 0 Å². The van der Waals surface area contributed by atoms with Crippen molar-refractivity contribution in [2.45, 2.75) is 36.0 Å². The van der Waals surface area contributed by atoms with Gasteiger partial charge in [0.25, 0.3) is 5.90 Å². The van der Waals surface area contributed by atoms with Crippen molar-refractivity contribution in [2.24, 2.45) is 10.3 Å². The predicted molar refractivity (Wildman–Crippen MR) is 45.1 cm³/mol. The molecule has 0 atom stereocenters. The van der Waals surface area contributed by atoms with Crippen molar-refractivity contribution < 1.29 is 62.3 Å². The van der Waals surface area contributed by atoms with Crippen LogP contribution in [0.15, 0.2) is 10.3 Å². The fourth-order valence-electron chi connectivity index (χ4n) is 1.34. The molecule has 1 rings (SSSR count). The van der Waals surface area contributed by atoms with Crippen LogP contribution < -0.4 is 0 Å². The third kappa shape index (κ3) is 2.48. The van der Waals surface area contributed by atoms with Crippen molar-refractivity contribution in [2.75, 3.05) is 0 Å². The van der Waals surface area contributed by atoms with Crippen LogP contribution in [0.2, 0.25) is 0 Å². The molecule has 1 heterocycles. The van der Waals surface area contributed by atoms with E-state index >= 15 is 0 Å². The largest absolute Gasteiger partial charge is 0.480 e. The molecule has 1 aliphatic rings. The van der Waals surface area contributed by atoms with Crippen LogP contribution >= 0.6 is 0 Å². The first-order chi connectivity index (χ1) is 10.4. The van der Waals surface area contributed by atoms with E-state index in [0.29, 0.717) is 5.18 Å². The van der Waals surface area contributed by atoms with E-state index in [9.17, 15) is 57.6 Å². The fraction of sp³-hybridized carbons (Fsp3) is 0.857. The van der Waals surface area contributed by atoms with Gasteiger partial charge in [0.2, 0.25) is 0 Å². The highest BCUT2D eigenvalue weighted by Crippen LogP contribution is 2.54. The first-order valence-electron chi connectivity index (χ1n) is 4.94. The highest BCUT2D eigenvalue weighted by Gasteiger charge is 2.86. The van der Waals surface area contributed by atoms with Gasteiger partial charge in [0.15, 0.2) is 0 Å². The lowest BCUT2D eigenvalue weighted by molar-refractivity contribution is -0.440. The van der Waals surface area contributed by atoms with Gasteiger partial charge in [-0.1, -0.05) is 0 Å². The molecule has 0 aromatic heterocycles. The standard InChI is InChI=1S/C7F12N2O3/c8-4(9,10)2(21-22,5(11,12)13)1-20-24-3(23-1,6(14,15)16)7(17,18)19. The van der Waals surface area contributed by atoms with Crippen LogP contribution in [-0.2, 0) is 9.57 Å². The lowest BCUT2D eigenvalue weighted by Gasteiger charge is -2.33. The quantitative estimate of drug-likeness (QED) is 0.534. The molecule has 17 heteroatoms. The number of alkyl halides is 12. The summed E-state index contributed by atoms with van der Waals surface area (Å²) in [6.45, 7) is 0. The number of oxime groups is 1. The molecule has 0 amide bonds. The number of rotatable bonds is 2. The number of hydrogen-bond donors (Lipinski definition) is 0. The number of hydrogen-bond acceptors (Lipinski definition) is 5. The molecule has 0 unspecified atom stereocenters. The summed E-state index contributed by atoms with van der Waals surface area (Å²) in [4.78, 5) is 12.8. The zero-order chi connectivity index (χ0) is 19.4. The molecule has 0 saturated heterocycles. The number of halogens is 12. The van der Waals surface area contributed by atoms with Gasteiger partial charge < -0.3 is 9.57 Å². The Morgan fingerprint density at radius 3 is 1.38 bits per heavy atom.